The van der Waals surface area contributed by atoms with E-state index >= 15 is 0 Å². The molecule has 0 amide bonds. The maximum absolute atomic E-state index is 12.9. The molecule has 3 aromatic carbocycles. The molecular weight excluding hydrogens is 468 g/mol. The molecule has 4 rings (SSSR count). The highest BCUT2D eigenvalue weighted by Gasteiger charge is 2.50. The number of benzene rings is 3. The smallest absolute Gasteiger partial charge is 0.338 e. The predicted octanol–water partition coefficient (Wildman–Crippen LogP) is 4.79. The van der Waals surface area contributed by atoms with Gasteiger partial charge in [-0.05, 0) is 33.6 Å². The van der Waals surface area contributed by atoms with E-state index < -0.39 is 26.4 Å². The van der Waals surface area contributed by atoms with Crippen LogP contribution in [0.4, 0.5) is 0 Å². The Morgan fingerprint density at radius 2 is 1.39 bits per heavy atom. The number of esters is 2. The number of hydrogen-bond donors (Lipinski definition) is 0. The molecule has 0 radical (unpaired) electrons. The second kappa shape index (κ2) is 10.9. The lowest BCUT2D eigenvalue weighted by atomic mass is 10.2. The van der Waals surface area contributed by atoms with Gasteiger partial charge in [0.25, 0.3) is 8.32 Å². The fourth-order valence-electron chi connectivity index (χ4n) is 4.47. The Morgan fingerprint density at radius 1 is 0.861 bits per heavy atom. The van der Waals surface area contributed by atoms with Gasteiger partial charge in [0.05, 0.1) is 12.2 Å². The molecule has 184 valence electrons. The van der Waals surface area contributed by atoms with E-state index in [9.17, 15) is 9.59 Å². The monoisotopic (exact) mass is 498 g/mol. The molecule has 0 saturated carbocycles. The Hall–Kier alpha value is -3.74. The third-order valence-corrected chi connectivity index (χ3v) is 11.1. The number of carbonyl (C=O) groups is 2. The van der Waals surface area contributed by atoms with Crippen LogP contribution in [0.5, 0.6) is 0 Å². The van der Waals surface area contributed by atoms with Gasteiger partial charge in [-0.1, -0.05) is 99.6 Å². The van der Waals surface area contributed by atoms with Crippen molar-refractivity contribution >= 4 is 30.6 Å². The van der Waals surface area contributed by atoms with Crippen LogP contribution in [-0.4, -0.2) is 33.0 Å². The third kappa shape index (κ3) is 5.56. The average Bonchev–Trinajstić information content (AvgIpc) is 3.29. The summed E-state index contributed by atoms with van der Waals surface area (Å²) in [6.07, 6.45) is 3.75. The van der Waals surface area contributed by atoms with Crippen LogP contribution in [0.25, 0.3) is 0 Å². The maximum atomic E-state index is 12.9. The lowest BCUT2D eigenvalue weighted by Gasteiger charge is -2.43. The van der Waals surface area contributed by atoms with Crippen molar-refractivity contribution in [2.45, 2.75) is 31.9 Å². The van der Waals surface area contributed by atoms with Gasteiger partial charge < -0.3 is 13.9 Å². The lowest BCUT2D eigenvalue weighted by Crippen LogP contribution is -2.67. The molecule has 0 unspecified atom stereocenters. The van der Waals surface area contributed by atoms with Gasteiger partial charge in [-0.25, -0.2) is 9.59 Å². The molecule has 0 bridgehead atoms. The van der Waals surface area contributed by atoms with Crippen molar-refractivity contribution in [1.29, 1.82) is 0 Å². The van der Waals surface area contributed by atoms with E-state index in [4.69, 9.17) is 13.9 Å². The second-order valence-electron chi connectivity index (χ2n) is 9.61. The van der Waals surface area contributed by atoms with Crippen molar-refractivity contribution in [3.8, 4) is 0 Å². The van der Waals surface area contributed by atoms with E-state index in [1.165, 1.54) is 6.08 Å². The molecule has 1 aliphatic rings. The Kier molecular flexibility index (Phi) is 7.67. The van der Waals surface area contributed by atoms with Crippen LogP contribution >= 0.6 is 0 Å². The summed E-state index contributed by atoms with van der Waals surface area (Å²) < 4.78 is 18.0. The molecule has 0 N–H and O–H groups in total. The molecule has 5 nitrogen and oxygen atoms in total. The number of allylic oxidation sites excluding steroid dienone is 1. The van der Waals surface area contributed by atoms with E-state index in [2.05, 4.69) is 45.0 Å². The van der Waals surface area contributed by atoms with Crippen molar-refractivity contribution in [3.05, 3.63) is 121 Å². The zero-order valence-electron chi connectivity index (χ0n) is 20.7. The zero-order valence-corrected chi connectivity index (χ0v) is 21.7. The van der Waals surface area contributed by atoms with Crippen molar-refractivity contribution in [3.63, 3.8) is 0 Å². The minimum atomic E-state index is -2.86. The molecule has 6 heteroatoms. The second-order valence-corrected chi connectivity index (χ2v) is 13.9. The number of ether oxygens (including phenoxy) is 2. The first-order valence-electron chi connectivity index (χ1n) is 11.9. The summed E-state index contributed by atoms with van der Waals surface area (Å²) in [6, 6.07) is 29.3. The summed E-state index contributed by atoms with van der Waals surface area (Å²) in [5.74, 6) is -0.601. The van der Waals surface area contributed by atoms with E-state index in [-0.39, 0.29) is 11.6 Å². The van der Waals surface area contributed by atoms with Crippen LogP contribution in [0, 0.1) is 0 Å². The largest absolute Gasteiger partial charge is 0.452 e. The quantitative estimate of drug-likeness (QED) is 0.330. The van der Waals surface area contributed by atoms with Crippen LogP contribution in [-0.2, 0) is 18.7 Å². The van der Waals surface area contributed by atoms with E-state index in [1.807, 2.05) is 42.5 Å². The molecule has 1 atom stereocenters. The van der Waals surface area contributed by atoms with Crippen molar-refractivity contribution in [2.24, 2.45) is 0 Å². The normalized spacial score (nSPS) is 15.5. The summed E-state index contributed by atoms with van der Waals surface area (Å²) >= 11 is 0. The highest BCUT2D eigenvalue weighted by Crippen LogP contribution is 2.37. The van der Waals surface area contributed by atoms with E-state index in [0.717, 1.165) is 10.4 Å². The summed E-state index contributed by atoms with van der Waals surface area (Å²) in [7, 11) is -2.86. The fourth-order valence-corrected chi connectivity index (χ4v) is 9.04. The summed E-state index contributed by atoms with van der Waals surface area (Å²) in [6.45, 7) is 6.65. The fraction of sp³-hybridized carbons (Fsp3) is 0.200. The summed E-state index contributed by atoms with van der Waals surface area (Å²) in [5.41, 5.74) is 0.435. The maximum Gasteiger partial charge on any atom is 0.338 e. The van der Waals surface area contributed by atoms with Crippen LogP contribution in [0.3, 0.4) is 0 Å². The molecule has 36 heavy (non-hydrogen) atoms. The van der Waals surface area contributed by atoms with Gasteiger partial charge in [-0.3, -0.25) is 0 Å². The van der Waals surface area contributed by atoms with Gasteiger partial charge in [-0.15, -0.1) is 0 Å². The van der Waals surface area contributed by atoms with Gasteiger partial charge in [0.1, 0.15) is 11.9 Å². The molecule has 0 aliphatic carbocycles. The van der Waals surface area contributed by atoms with Gasteiger partial charge in [0.2, 0.25) is 0 Å². The number of cyclic esters (lactones) is 1. The minimum absolute atomic E-state index is 0.0980. The highest BCUT2D eigenvalue weighted by molar-refractivity contribution is 6.99. The minimum Gasteiger partial charge on any atom is -0.452 e. The Balaban J connectivity index is 1.71. The Bertz CT molecular complexity index is 1210. The third-order valence-electron chi connectivity index (χ3n) is 6.10. The molecule has 1 aliphatic heterocycles. The van der Waals surface area contributed by atoms with E-state index in [0.29, 0.717) is 11.3 Å². The summed E-state index contributed by atoms with van der Waals surface area (Å²) in [4.78, 5) is 24.5. The first kappa shape index (κ1) is 25.4. The predicted molar refractivity (Wildman–Crippen MR) is 143 cm³/mol. The molecule has 0 fully saturated rings. The zero-order chi connectivity index (χ0) is 25.6. The van der Waals surface area contributed by atoms with Gasteiger partial charge >= 0.3 is 11.9 Å². The van der Waals surface area contributed by atoms with Crippen molar-refractivity contribution < 1.29 is 23.5 Å². The molecule has 3 aromatic rings. The summed E-state index contributed by atoms with van der Waals surface area (Å²) in [5, 5.41) is 2.00. The number of carbonyl (C=O) groups excluding carboxylic acids is 2. The van der Waals surface area contributed by atoms with Gasteiger partial charge in [0.15, 0.2) is 0 Å². The van der Waals surface area contributed by atoms with Crippen LogP contribution in [0.2, 0.25) is 5.04 Å². The van der Waals surface area contributed by atoms with Crippen molar-refractivity contribution in [2.75, 3.05) is 6.61 Å². The number of rotatable bonds is 8. The highest BCUT2D eigenvalue weighted by atomic mass is 28.4. The Morgan fingerprint density at radius 3 is 1.86 bits per heavy atom. The Labute approximate surface area is 213 Å². The molecule has 0 aromatic heterocycles. The average molecular weight is 499 g/mol. The van der Waals surface area contributed by atoms with Crippen molar-refractivity contribution in [1.82, 2.24) is 0 Å². The molecule has 1 heterocycles. The first-order chi connectivity index (χ1) is 17.3. The number of hydrogen-bond acceptors (Lipinski definition) is 5. The van der Waals surface area contributed by atoms with Gasteiger partial charge in [0, 0.05) is 12.2 Å². The first-order valence-corrected chi connectivity index (χ1v) is 13.8. The lowest BCUT2D eigenvalue weighted by molar-refractivity contribution is -0.132. The van der Waals surface area contributed by atoms with Crippen LogP contribution < -0.4 is 10.4 Å². The van der Waals surface area contributed by atoms with E-state index in [1.54, 1.807) is 36.4 Å². The SMILES string of the molecule is CC(C)(C)[Si](OC[C@H](/C=C1\C=CC(=O)O1)OC(=O)c1ccccc1)(c1ccccc1)c1ccccc1. The molecule has 0 saturated heterocycles. The molecular formula is C30H30O5Si. The van der Waals surface area contributed by atoms with Gasteiger partial charge in [-0.2, -0.15) is 0 Å². The molecule has 0 spiro atoms. The standard InChI is InChI=1S/C30H30O5Si/c1-30(2,3)36(26-15-9-5-10-16-26,27-17-11-6-12-18-27)33-22-25(21-24-19-20-28(31)34-24)35-29(32)23-13-7-4-8-14-23/h4-21,25H,22H2,1-3H3/b24-21+/t25-/m0/s1. The van der Waals surface area contributed by atoms with Crippen LogP contribution in [0.15, 0.2) is 115 Å². The van der Waals surface area contributed by atoms with Crippen LogP contribution in [0.1, 0.15) is 31.1 Å². The topological polar surface area (TPSA) is 61.8 Å².